The molecule has 2 unspecified atom stereocenters. The number of likely N-dealkylation sites (tertiary alicyclic amines) is 1. The average molecular weight is 347 g/mol. The molecule has 1 N–H and O–H groups in total. The highest BCUT2D eigenvalue weighted by Crippen LogP contribution is 2.33. The largest absolute Gasteiger partial charge is 0.313 e. The molecule has 1 aliphatic heterocycles. The molecule has 1 saturated heterocycles. The van der Waals surface area contributed by atoms with E-state index >= 15 is 0 Å². The molecule has 0 amide bonds. The fraction of sp³-hybridized carbons (Fsp3) is 0.417. The summed E-state index contributed by atoms with van der Waals surface area (Å²) in [5.41, 5.74) is 2.75. The van der Waals surface area contributed by atoms with Crippen molar-refractivity contribution in [1.82, 2.24) is 10.2 Å². The van der Waals surface area contributed by atoms with E-state index in [0.717, 1.165) is 18.4 Å². The van der Waals surface area contributed by atoms with Crippen molar-refractivity contribution in [2.75, 3.05) is 19.6 Å². The molecule has 4 rings (SSSR count). The highest BCUT2D eigenvalue weighted by molar-refractivity contribution is 5.49. The Morgan fingerprint density at radius 3 is 2.35 bits per heavy atom. The normalized spacial score (nSPS) is 24.2. The smallest absolute Gasteiger partial charge is 0.0233 e. The molecule has 2 nitrogen and oxygen atoms in total. The SMILES string of the molecule is C(=C\C1CC1NCC1CCN(Cc2ccccc2)CC1)/c1ccccc1. The molecule has 1 aliphatic carbocycles. The maximum Gasteiger partial charge on any atom is 0.0233 e. The summed E-state index contributed by atoms with van der Waals surface area (Å²) in [6.07, 6.45) is 8.62. The Morgan fingerprint density at radius 2 is 1.62 bits per heavy atom. The van der Waals surface area contributed by atoms with E-state index in [2.05, 4.69) is 83.0 Å². The molecule has 2 fully saturated rings. The molecule has 2 aromatic carbocycles. The topological polar surface area (TPSA) is 15.3 Å². The Balaban J connectivity index is 1.13. The summed E-state index contributed by atoms with van der Waals surface area (Å²) in [4.78, 5) is 2.61. The average Bonchev–Trinajstić information content (AvgIpc) is 3.46. The number of nitrogens with one attached hydrogen (secondary N) is 1. The van der Waals surface area contributed by atoms with Gasteiger partial charge in [-0.3, -0.25) is 4.90 Å². The molecule has 2 aromatic rings. The summed E-state index contributed by atoms with van der Waals surface area (Å²) in [6, 6.07) is 22.2. The van der Waals surface area contributed by atoms with E-state index in [-0.39, 0.29) is 0 Å². The lowest BCUT2D eigenvalue weighted by Crippen LogP contribution is -2.37. The van der Waals surface area contributed by atoms with Crippen LogP contribution in [0.5, 0.6) is 0 Å². The number of hydrogen-bond donors (Lipinski definition) is 1. The summed E-state index contributed by atoms with van der Waals surface area (Å²) in [5.74, 6) is 1.58. The lowest BCUT2D eigenvalue weighted by atomic mass is 9.96. The van der Waals surface area contributed by atoms with Gasteiger partial charge in [0.25, 0.3) is 0 Å². The quantitative estimate of drug-likeness (QED) is 0.789. The molecule has 0 bridgehead atoms. The van der Waals surface area contributed by atoms with E-state index in [0.29, 0.717) is 6.04 Å². The van der Waals surface area contributed by atoms with Crippen LogP contribution < -0.4 is 5.32 Å². The maximum atomic E-state index is 3.81. The molecule has 1 heterocycles. The van der Waals surface area contributed by atoms with Gasteiger partial charge in [-0.2, -0.15) is 0 Å². The third-order valence-corrected chi connectivity index (χ3v) is 5.80. The zero-order valence-corrected chi connectivity index (χ0v) is 15.6. The second-order valence-corrected chi connectivity index (χ2v) is 7.89. The Morgan fingerprint density at radius 1 is 0.923 bits per heavy atom. The summed E-state index contributed by atoms with van der Waals surface area (Å²) in [5, 5.41) is 3.81. The van der Waals surface area contributed by atoms with Gasteiger partial charge in [0.15, 0.2) is 0 Å². The van der Waals surface area contributed by atoms with Gasteiger partial charge in [-0.05, 0) is 61.9 Å². The lowest BCUT2D eigenvalue weighted by molar-refractivity contribution is 0.175. The second kappa shape index (κ2) is 8.66. The van der Waals surface area contributed by atoms with Gasteiger partial charge in [0.1, 0.15) is 0 Å². The van der Waals surface area contributed by atoms with Crippen molar-refractivity contribution >= 4 is 6.08 Å². The van der Waals surface area contributed by atoms with Crippen LogP contribution in [0.2, 0.25) is 0 Å². The van der Waals surface area contributed by atoms with Crippen LogP contribution in [0.25, 0.3) is 6.08 Å². The zero-order valence-electron chi connectivity index (χ0n) is 15.6. The van der Waals surface area contributed by atoms with E-state index in [4.69, 9.17) is 0 Å². The van der Waals surface area contributed by atoms with Crippen LogP contribution in [0.15, 0.2) is 66.7 Å². The van der Waals surface area contributed by atoms with E-state index in [9.17, 15) is 0 Å². The molecule has 0 radical (unpaired) electrons. The van der Waals surface area contributed by atoms with Gasteiger partial charge in [0.05, 0.1) is 0 Å². The van der Waals surface area contributed by atoms with E-state index in [1.165, 1.54) is 50.0 Å². The van der Waals surface area contributed by atoms with Gasteiger partial charge >= 0.3 is 0 Å². The van der Waals surface area contributed by atoms with Crippen LogP contribution in [-0.2, 0) is 6.54 Å². The van der Waals surface area contributed by atoms with Crippen molar-refractivity contribution in [3.63, 3.8) is 0 Å². The summed E-state index contributed by atoms with van der Waals surface area (Å²) in [6.45, 7) is 4.78. The minimum atomic E-state index is 0.706. The third-order valence-electron chi connectivity index (χ3n) is 5.80. The van der Waals surface area contributed by atoms with Gasteiger partial charge in [0.2, 0.25) is 0 Å². The van der Waals surface area contributed by atoms with Crippen LogP contribution in [0, 0.1) is 11.8 Å². The van der Waals surface area contributed by atoms with E-state index in [1.54, 1.807) is 0 Å². The Labute approximate surface area is 157 Å². The molecule has 136 valence electrons. The molecular weight excluding hydrogens is 316 g/mol. The lowest BCUT2D eigenvalue weighted by Gasteiger charge is -2.32. The second-order valence-electron chi connectivity index (χ2n) is 7.89. The van der Waals surface area contributed by atoms with Crippen molar-refractivity contribution in [1.29, 1.82) is 0 Å². The number of benzene rings is 2. The van der Waals surface area contributed by atoms with Gasteiger partial charge < -0.3 is 5.32 Å². The highest BCUT2D eigenvalue weighted by atomic mass is 15.1. The molecule has 0 spiro atoms. The van der Waals surface area contributed by atoms with Crippen molar-refractivity contribution in [2.24, 2.45) is 11.8 Å². The number of rotatable bonds is 7. The zero-order chi connectivity index (χ0) is 17.6. The highest BCUT2D eigenvalue weighted by Gasteiger charge is 2.34. The number of hydrogen-bond acceptors (Lipinski definition) is 2. The van der Waals surface area contributed by atoms with Crippen LogP contribution >= 0.6 is 0 Å². The Hall–Kier alpha value is -1.90. The first kappa shape index (κ1) is 17.5. The molecule has 2 heteroatoms. The molecule has 2 aliphatic rings. The van der Waals surface area contributed by atoms with Crippen LogP contribution in [0.3, 0.4) is 0 Å². The van der Waals surface area contributed by atoms with Crippen molar-refractivity contribution in [2.45, 2.75) is 31.8 Å². The maximum absolute atomic E-state index is 3.81. The standard InChI is InChI=1S/C24H30N2/c1-3-7-20(8-4-1)11-12-23-17-24(23)25-18-21-13-15-26(16-14-21)19-22-9-5-2-6-10-22/h1-12,21,23-25H,13-19H2/b12-11+. The molecule has 2 atom stereocenters. The van der Waals surface area contributed by atoms with Gasteiger partial charge in [-0.1, -0.05) is 72.8 Å². The first-order valence-corrected chi connectivity index (χ1v) is 10.1. The summed E-state index contributed by atoms with van der Waals surface area (Å²) < 4.78 is 0. The first-order chi connectivity index (χ1) is 12.9. The van der Waals surface area contributed by atoms with Gasteiger partial charge in [-0.25, -0.2) is 0 Å². The molecular formula is C24H30N2. The monoisotopic (exact) mass is 346 g/mol. The fourth-order valence-electron chi connectivity index (χ4n) is 3.97. The predicted octanol–water partition coefficient (Wildman–Crippen LogP) is 4.59. The Kier molecular flexibility index (Phi) is 5.83. The van der Waals surface area contributed by atoms with Gasteiger partial charge in [0, 0.05) is 12.6 Å². The molecule has 0 aromatic heterocycles. The van der Waals surface area contributed by atoms with Crippen molar-refractivity contribution in [3.8, 4) is 0 Å². The van der Waals surface area contributed by atoms with E-state index in [1.807, 2.05) is 0 Å². The minimum Gasteiger partial charge on any atom is -0.313 e. The van der Waals surface area contributed by atoms with Crippen molar-refractivity contribution in [3.05, 3.63) is 77.9 Å². The van der Waals surface area contributed by atoms with Crippen LogP contribution in [0.4, 0.5) is 0 Å². The minimum absolute atomic E-state index is 0.706. The van der Waals surface area contributed by atoms with Gasteiger partial charge in [-0.15, -0.1) is 0 Å². The third kappa shape index (κ3) is 5.06. The Bertz CT molecular complexity index is 687. The summed E-state index contributed by atoms with van der Waals surface area (Å²) in [7, 11) is 0. The number of piperidine rings is 1. The first-order valence-electron chi connectivity index (χ1n) is 10.1. The molecule has 1 saturated carbocycles. The van der Waals surface area contributed by atoms with Crippen LogP contribution in [0.1, 0.15) is 30.4 Å². The van der Waals surface area contributed by atoms with Crippen molar-refractivity contribution < 1.29 is 0 Å². The molecule has 26 heavy (non-hydrogen) atoms. The summed E-state index contributed by atoms with van der Waals surface area (Å²) >= 11 is 0. The van der Waals surface area contributed by atoms with E-state index < -0.39 is 0 Å². The van der Waals surface area contributed by atoms with Crippen LogP contribution in [-0.4, -0.2) is 30.6 Å². The fourth-order valence-corrected chi connectivity index (χ4v) is 3.97. The predicted molar refractivity (Wildman–Crippen MR) is 110 cm³/mol. The number of nitrogens with zero attached hydrogens (tertiary/aromatic N) is 1.